The van der Waals surface area contributed by atoms with Gasteiger partial charge >= 0.3 is 0 Å². The number of pyridine rings is 1. The maximum atomic E-state index is 12.2. The van der Waals surface area contributed by atoms with Gasteiger partial charge in [-0.1, -0.05) is 17.3 Å². The number of halogens is 1. The molecule has 144 valence electrons. The maximum absolute atomic E-state index is 12.2. The van der Waals surface area contributed by atoms with Gasteiger partial charge in [-0.15, -0.1) is 5.10 Å². The summed E-state index contributed by atoms with van der Waals surface area (Å²) in [5.41, 5.74) is 4.20. The normalized spacial score (nSPS) is 12.6. The molecule has 0 aliphatic heterocycles. The molecule has 0 radical (unpaired) electrons. The van der Waals surface area contributed by atoms with Gasteiger partial charge in [-0.25, -0.2) is 14.1 Å². The zero-order chi connectivity index (χ0) is 19.4. The lowest BCUT2D eigenvalue weighted by molar-refractivity contribution is 0.375. The number of hydrogen-bond acceptors (Lipinski definition) is 6. The molecule has 1 atom stereocenters. The van der Waals surface area contributed by atoms with Crippen molar-refractivity contribution >= 4 is 10.9 Å². The first-order valence-corrected chi connectivity index (χ1v) is 8.96. The molecule has 0 fully saturated rings. The number of fused-ring (bicyclic) bond motifs is 1. The first-order chi connectivity index (χ1) is 13.0. The van der Waals surface area contributed by atoms with Crippen molar-refractivity contribution in [1.82, 2.24) is 30.6 Å². The molecule has 8 heteroatoms. The van der Waals surface area contributed by atoms with Crippen LogP contribution in [0.2, 0.25) is 0 Å². The number of nitrogens with zero attached hydrogens (tertiary/aromatic N) is 4. The summed E-state index contributed by atoms with van der Waals surface area (Å²) < 4.78 is 13.9. The Labute approximate surface area is 157 Å². The number of aromatic hydroxyl groups is 1. The van der Waals surface area contributed by atoms with E-state index in [1.807, 2.05) is 45.2 Å². The van der Waals surface area contributed by atoms with Crippen molar-refractivity contribution in [3.05, 3.63) is 46.9 Å². The third kappa shape index (κ3) is 4.40. The molecule has 0 saturated heterocycles. The molecule has 0 amide bonds. The van der Waals surface area contributed by atoms with E-state index in [2.05, 4.69) is 25.9 Å². The molecule has 1 unspecified atom stereocenters. The fourth-order valence-corrected chi connectivity index (χ4v) is 3.04. The maximum Gasteiger partial charge on any atom is 0.144 e. The third-order valence-corrected chi connectivity index (χ3v) is 4.56. The van der Waals surface area contributed by atoms with Gasteiger partial charge in [-0.2, -0.15) is 0 Å². The van der Waals surface area contributed by atoms with E-state index >= 15 is 0 Å². The van der Waals surface area contributed by atoms with Crippen molar-refractivity contribution in [2.24, 2.45) is 0 Å². The molecule has 1 aromatic carbocycles. The highest BCUT2D eigenvalue weighted by Crippen LogP contribution is 2.29. The van der Waals surface area contributed by atoms with Crippen LogP contribution in [0.25, 0.3) is 10.9 Å². The topological polar surface area (TPSA) is 87.9 Å². The number of alkyl halides is 1. The van der Waals surface area contributed by atoms with Gasteiger partial charge in [0, 0.05) is 25.0 Å². The molecule has 2 heterocycles. The van der Waals surface area contributed by atoms with Gasteiger partial charge < -0.3 is 10.4 Å². The summed E-state index contributed by atoms with van der Waals surface area (Å²) in [6.45, 7) is 6.88. The minimum atomic E-state index is -0.555. The number of hydrogen-bond donors (Lipinski definition) is 3. The number of aryl methyl sites for hydroxylation is 2. The van der Waals surface area contributed by atoms with E-state index in [0.717, 1.165) is 27.9 Å². The highest BCUT2D eigenvalue weighted by atomic mass is 19.1. The highest BCUT2D eigenvalue weighted by Gasteiger charge is 2.10. The van der Waals surface area contributed by atoms with E-state index in [1.54, 1.807) is 4.68 Å². The van der Waals surface area contributed by atoms with Gasteiger partial charge in [-0.05, 0) is 38.0 Å². The van der Waals surface area contributed by atoms with Crippen molar-refractivity contribution in [2.75, 3.05) is 13.3 Å². The summed E-state index contributed by atoms with van der Waals surface area (Å²) in [6.07, 6.45) is 1.85. The Balaban J connectivity index is 1.62. The first kappa shape index (κ1) is 19.2. The van der Waals surface area contributed by atoms with E-state index in [9.17, 15) is 9.50 Å². The summed E-state index contributed by atoms with van der Waals surface area (Å²) in [4.78, 5) is 4.60. The predicted octanol–water partition coefficient (Wildman–Crippen LogP) is 2.52. The minimum Gasteiger partial charge on any atom is -0.505 e. The average molecular weight is 372 g/mol. The van der Waals surface area contributed by atoms with E-state index in [0.29, 0.717) is 25.2 Å². The van der Waals surface area contributed by atoms with Crippen LogP contribution in [0.4, 0.5) is 4.39 Å². The zero-order valence-electron chi connectivity index (χ0n) is 15.8. The molecular weight excluding hydrogens is 347 g/mol. The summed E-state index contributed by atoms with van der Waals surface area (Å²) in [6, 6.07) is 5.94. The number of rotatable bonds is 8. The van der Waals surface area contributed by atoms with Gasteiger partial charge in [0.25, 0.3) is 0 Å². The van der Waals surface area contributed by atoms with E-state index in [1.165, 1.54) is 0 Å². The first-order valence-electron chi connectivity index (χ1n) is 8.96. The van der Waals surface area contributed by atoms with Crippen molar-refractivity contribution in [2.45, 2.75) is 39.9 Å². The van der Waals surface area contributed by atoms with Gasteiger partial charge in [0.15, 0.2) is 0 Å². The average Bonchev–Trinajstić information content (AvgIpc) is 3.13. The fourth-order valence-electron chi connectivity index (χ4n) is 3.04. The van der Waals surface area contributed by atoms with Crippen LogP contribution in [0.1, 0.15) is 35.5 Å². The molecule has 3 rings (SSSR count). The van der Waals surface area contributed by atoms with Crippen LogP contribution in [0.3, 0.4) is 0 Å². The molecule has 0 saturated carbocycles. The number of nitrogens with one attached hydrogen (secondary N) is 2. The van der Waals surface area contributed by atoms with E-state index in [4.69, 9.17) is 0 Å². The number of benzene rings is 1. The molecule has 0 bridgehead atoms. The van der Waals surface area contributed by atoms with Gasteiger partial charge in [0.1, 0.15) is 18.1 Å². The van der Waals surface area contributed by atoms with Crippen LogP contribution < -0.4 is 10.6 Å². The quantitative estimate of drug-likeness (QED) is 0.527. The molecular formula is C19H25FN6O. The van der Waals surface area contributed by atoms with E-state index < -0.39 is 6.80 Å². The van der Waals surface area contributed by atoms with Gasteiger partial charge in [0.05, 0.1) is 23.6 Å². The zero-order valence-corrected chi connectivity index (χ0v) is 15.8. The summed E-state index contributed by atoms with van der Waals surface area (Å²) >= 11 is 0. The summed E-state index contributed by atoms with van der Waals surface area (Å²) in [5.74, 6) is 0.233. The van der Waals surface area contributed by atoms with Crippen LogP contribution >= 0.6 is 0 Å². The Morgan fingerprint density at radius 1 is 1.15 bits per heavy atom. The number of phenols is 1. The lowest BCUT2D eigenvalue weighted by atomic mass is 10.0. The standard InChI is InChI=1S/C19H25FN6O/c1-12-6-13(2)19(27)18-17(12)5-4-15(23-18)8-21-9-16-10-26(25-24-16)14(3)7-22-11-20/h4-6,10,14,21-22,27H,7-9,11H2,1-3H3. The van der Waals surface area contributed by atoms with Crippen LogP contribution in [0.15, 0.2) is 24.4 Å². The second-order valence-corrected chi connectivity index (χ2v) is 6.79. The summed E-state index contributed by atoms with van der Waals surface area (Å²) in [7, 11) is 0. The predicted molar refractivity (Wildman–Crippen MR) is 102 cm³/mol. The lowest BCUT2D eigenvalue weighted by Crippen LogP contribution is -2.23. The van der Waals surface area contributed by atoms with Crippen molar-refractivity contribution in [3.63, 3.8) is 0 Å². The molecule has 27 heavy (non-hydrogen) atoms. The number of aromatic nitrogens is 4. The molecule has 3 aromatic rings. The van der Waals surface area contributed by atoms with Crippen LogP contribution in [-0.4, -0.2) is 38.4 Å². The van der Waals surface area contributed by atoms with Gasteiger partial charge in [0.2, 0.25) is 0 Å². The fraction of sp³-hybridized carbons (Fsp3) is 0.421. The summed E-state index contributed by atoms with van der Waals surface area (Å²) in [5, 5.41) is 25.4. The molecule has 7 nitrogen and oxygen atoms in total. The Morgan fingerprint density at radius 3 is 2.70 bits per heavy atom. The van der Waals surface area contributed by atoms with Crippen molar-refractivity contribution in [1.29, 1.82) is 0 Å². The Hall–Kier alpha value is -2.58. The largest absolute Gasteiger partial charge is 0.505 e. The second kappa shape index (κ2) is 8.41. The second-order valence-electron chi connectivity index (χ2n) is 6.79. The van der Waals surface area contributed by atoms with Crippen LogP contribution in [-0.2, 0) is 13.1 Å². The van der Waals surface area contributed by atoms with Crippen LogP contribution in [0, 0.1) is 13.8 Å². The smallest absolute Gasteiger partial charge is 0.144 e. The lowest BCUT2D eigenvalue weighted by Gasteiger charge is -2.10. The molecule has 0 aliphatic carbocycles. The molecule has 0 spiro atoms. The van der Waals surface area contributed by atoms with E-state index in [-0.39, 0.29) is 11.8 Å². The Kier molecular flexibility index (Phi) is 5.98. The number of phenolic OH excluding ortho intramolecular Hbond substituents is 1. The van der Waals surface area contributed by atoms with Crippen molar-refractivity contribution < 1.29 is 9.50 Å². The molecule has 0 aliphatic rings. The molecule has 3 N–H and O–H groups in total. The highest BCUT2D eigenvalue weighted by molar-refractivity contribution is 5.88. The van der Waals surface area contributed by atoms with Gasteiger partial charge in [-0.3, -0.25) is 5.32 Å². The molecule has 2 aromatic heterocycles. The van der Waals surface area contributed by atoms with Crippen LogP contribution in [0.5, 0.6) is 5.75 Å². The Bertz CT molecular complexity index is 926. The minimum absolute atomic E-state index is 0.0265. The van der Waals surface area contributed by atoms with Crippen molar-refractivity contribution in [3.8, 4) is 5.75 Å². The third-order valence-electron chi connectivity index (χ3n) is 4.56. The SMILES string of the molecule is Cc1cc(C)c2ccc(CNCc3cn(C(C)CNCF)nn3)nc2c1O. The monoisotopic (exact) mass is 372 g/mol. The Morgan fingerprint density at radius 2 is 1.93 bits per heavy atom.